The van der Waals surface area contributed by atoms with E-state index in [1.54, 1.807) is 4.57 Å². The number of benzene rings is 4. The molecular weight excluding hydrogens is 484 g/mol. The Morgan fingerprint density at radius 2 is 1.62 bits per heavy atom. The summed E-state index contributed by atoms with van der Waals surface area (Å²) < 4.78 is 1.75. The van der Waals surface area contributed by atoms with Crippen LogP contribution in [0.5, 0.6) is 0 Å². The number of fused-ring (bicyclic) bond motifs is 2. The van der Waals surface area contributed by atoms with Gasteiger partial charge in [-0.1, -0.05) is 60.2 Å². The average Bonchev–Trinajstić information content (AvgIpc) is 2.96. The molecule has 0 bridgehead atoms. The number of aromatic nitrogens is 2. The summed E-state index contributed by atoms with van der Waals surface area (Å²) >= 11 is 0. The minimum absolute atomic E-state index is 0.0140. The second-order valence-electron chi connectivity index (χ2n) is 10.5. The van der Waals surface area contributed by atoms with Crippen LogP contribution in [0.3, 0.4) is 0 Å². The minimum atomic E-state index is -0.121. The van der Waals surface area contributed by atoms with Crippen molar-refractivity contribution in [3.8, 4) is 5.69 Å². The molecule has 1 aliphatic heterocycles. The van der Waals surface area contributed by atoms with Crippen molar-refractivity contribution in [2.24, 2.45) is 0 Å². The predicted molar refractivity (Wildman–Crippen MR) is 157 cm³/mol. The maximum absolute atomic E-state index is 13.7. The Morgan fingerprint density at radius 1 is 0.897 bits per heavy atom. The van der Waals surface area contributed by atoms with Crippen LogP contribution in [0, 0.1) is 6.92 Å². The quantitative estimate of drug-likeness (QED) is 0.305. The van der Waals surface area contributed by atoms with Gasteiger partial charge in [0.2, 0.25) is 0 Å². The van der Waals surface area contributed by atoms with Gasteiger partial charge in [-0.05, 0) is 67.9 Å². The fourth-order valence-corrected chi connectivity index (χ4v) is 5.66. The lowest BCUT2D eigenvalue weighted by atomic mass is 10.0. The molecule has 1 amide bonds. The molecule has 6 nitrogen and oxygen atoms in total. The maximum Gasteiger partial charge on any atom is 0.266 e. The van der Waals surface area contributed by atoms with Crippen LogP contribution in [0.15, 0.2) is 95.8 Å². The highest BCUT2D eigenvalue weighted by atomic mass is 16.2. The van der Waals surface area contributed by atoms with E-state index >= 15 is 0 Å². The number of carbonyl (C=O) groups is 1. The van der Waals surface area contributed by atoms with E-state index in [9.17, 15) is 9.59 Å². The molecule has 1 saturated heterocycles. The highest BCUT2D eigenvalue weighted by Crippen LogP contribution is 2.26. The first-order valence-corrected chi connectivity index (χ1v) is 13.5. The summed E-state index contributed by atoms with van der Waals surface area (Å²) in [7, 11) is 0. The first-order valence-electron chi connectivity index (χ1n) is 13.5. The van der Waals surface area contributed by atoms with Crippen molar-refractivity contribution in [3.63, 3.8) is 0 Å². The number of rotatable bonds is 4. The van der Waals surface area contributed by atoms with Crippen LogP contribution in [0.1, 0.15) is 41.6 Å². The molecule has 196 valence electrons. The molecule has 1 fully saturated rings. The Kier molecular flexibility index (Phi) is 6.49. The number of aryl methyl sites for hydroxylation is 1. The van der Waals surface area contributed by atoms with Gasteiger partial charge in [0.15, 0.2) is 0 Å². The third kappa shape index (κ3) is 4.61. The van der Waals surface area contributed by atoms with E-state index in [0.717, 1.165) is 22.0 Å². The first-order chi connectivity index (χ1) is 18.9. The molecule has 39 heavy (non-hydrogen) atoms. The van der Waals surface area contributed by atoms with Gasteiger partial charge in [0, 0.05) is 31.2 Å². The lowest BCUT2D eigenvalue weighted by Crippen LogP contribution is -2.54. The zero-order valence-corrected chi connectivity index (χ0v) is 22.5. The lowest BCUT2D eigenvalue weighted by molar-refractivity contribution is 0.0394. The third-order valence-electron chi connectivity index (χ3n) is 7.93. The number of amides is 1. The van der Waals surface area contributed by atoms with Gasteiger partial charge in [-0.3, -0.25) is 19.1 Å². The molecule has 6 rings (SSSR count). The highest BCUT2D eigenvalue weighted by Gasteiger charge is 2.32. The van der Waals surface area contributed by atoms with Gasteiger partial charge >= 0.3 is 0 Å². The molecule has 1 aromatic heterocycles. The molecule has 6 heteroatoms. The van der Waals surface area contributed by atoms with Crippen molar-refractivity contribution in [1.82, 2.24) is 19.4 Å². The second-order valence-corrected chi connectivity index (χ2v) is 10.5. The summed E-state index contributed by atoms with van der Waals surface area (Å²) in [5.74, 6) is 0.769. The van der Waals surface area contributed by atoms with E-state index in [-0.39, 0.29) is 23.6 Å². The second kappa shape index (κ2) is 10.1. The fraction of sp³-hybridized carbons (Fsp3) is 0.242. The van der Waals surface area contributed by atoms with Crippen LogP contribution in [-0.4, -0.2) is 50.9 Å². The SMILES string of the molecule is Cc1ccc(-n2c(C(C)N3CCN(C(=O)c4ccc5ccccc5c4)C(C)C3)nc3ccccc3c2=O)cc1. The molecule has 1 aliphatic rings. The van der Waals surface area contributed by atoms with E-state index in [1.165, 1.54) is 0 Å². The van der Waals surface area contributed by atoms with Crippen molar-refractivity contribution in [3.05, 3.63) is 118 Å². The zero-order chi connectivity index (χ0) is 27.1. The monoisotopic (exact) mass is 516 g/mol. The van der Waals surface area contributed by atoms with E-state index in [4.69, 9.17) is 4.98 Å². The Balaban J connectivity index is 1.30. The van der Waals surface area contributed by atoms with Gasteiger partial charge in [-0.15, -0.1) is 0 Å². The Morgan fingerprint density at radius 3 is 2.38 bits per heavy atom. The van der Waals surface area contributed by atoms with Crippen LogP contribution in [0.25, 0.3) is 27.4 Å². The van der Waals surface area contributed by atoms with Crippen molar-refractivity contribution in [2.75, 3.05) is 19.6 Å². The number of nitrogens with zero attached hydrogens (tertiary/aromatic N) is 4. The Bertz CT molecular complexity index is 1740. The molecular formula is C33H32N4O2. The van der Waals surface area contributed by atoms with Gasteiger partial charge < -0.3 is 4.90 Å². The molecule has 0 N–H and O–H groups in total. The molecule has 0 radical (unpaired) electrons. The molecule has 4 aromatic carbocycles. The van der Waals surface area contributed by atoms with Crippen LogP contribution < -0.4 is 5.56 Å². The van der Waals surface area contributed by atoms with E-state index < -0.39 is 0 Å². The molecule has 2 atom stereocenters. The number of para-hydroxylation sites is 1. The number of carbonyl (C=O) groups excluding carboxylic acids is 1. The average molecular weight is 517 g/mol. The van der Waals surface area contributed by atoms with Crippen LogP contribution in [0.2, 0.25) is 0 Å². The fourth-order valence-electron chi connectivity index (χ4n) is 5.66. The van der Waals surface area contributed by atoms with E-state index in [2.05, 4.69) is 24.8 Å². The van der Waals surface area contributed by atoms with Gasteiger partial charge in [-0.2, -0.15) is 0 Å². The molecule has 0 saturated carbocycles. The Hall–Kier alpha value is -4.29. The summed E-state index contributed by atoms with van der Waals surface area (Å²) in [6, 6.07) is 29.4. The Labute approximate surface area is 228 Å². The molecule has 0 aliphatic carbocycles. The smallest absolute Gasteiger partial charge is 0.266 e. The largest absolute Gasteiger partial charge is 0.333 e. The van der Waals surface area contributed by atoms with Gasteiger partial charge in [0.05, 0.1) is 22.6 Å². The van der Waals surface area contributed by atoms with Crippen molar-refractivity contribution >= 4 is 27.6 Å². The number of hydrogen-bond acceptors (Lipinski definition) is 4. The van der Waals surface area contributed by atoms with E-state index in [1.807, 2.05) is 96.8 Å². The van der Waals surface area contributed by atoms with Gasteiger partial charge in [-0.25, -0.2) is 4.98 Å². The lowest BCUT2D eigenvalue weighted by Gasteiger charge is -2.42. The normalized spacial score (nSPS) is 17.0. The van der Waals surface area contributed by atoms with Crippen molar-refractivity contribution in [2.45, 2.75) is 32.9 Å². The predicted octanol–water partition coefficient (Wildman–Crippen LogP) is 5.75. The summed E-state index contributed by atoms with van der Waals surface area (Å²) in [4.78, 5) is 36.5. The molecule has 5 aromatic rings. The number of hydrogen-bond donors (Lipinski definition) is 0. The minimum Gasteiger partial charge on any atom is -0.333 e. The standard InChI is InChI=1S/C33H32N4O2/c1-22-12-16-28(17-13-22)37-31(34-30-11-7-6-10-29(30)33(37)39)24(3)35-18-19-36(23(2)21-35)32(38)27-15-14-25-8-4-5-9-26(25)20-27/h4-17,20,23-24H,18-19,21H2,1-3H3. The van der Waals surface area contributed by atoms with Gasteiger partial charge in [0.25, 0.3) is 11.5 Å². The zero-order valence-electron chi connectivity index (χ0n) is 22.5. The van der Waals surface area contributed by atoms with Crippen LogP contribution >= 0.6 is 0 Å². The maximum atomic E-state index is 13.7. The molecule has 2 unspecified atom stereocenters. The summed E-state index contributed by atoms with van der Waals surface area (Å²) in [6.07, 6.45) is 0. The molecule has 0 spiro atoms. The summed E-state index contributed by atoms with van der Waals surface area (Å²) in [5.41, 5.74) is 3.29. The summed E-state index contributed by atoms with van der Waals surface area (Å²) in [5, 5.41) is 2.80. The highest BCUT2D eigenvalue weighted by molar-refractivity contribution is 5.98. The van der Waals surface area contributed by atoms with Crippen molar-refractivity contribution < 1.29 is 4.79 Å². The van der Waals surface area contributed by atoms with Crippen molar-refractivity contribution in [1.29, 1.82) is 0 Å². The van der Waals surface area contributed by atoms with Gasteiger partial charge in [0.1, 0.15) is 5.82 Å². The van der Waals surface area contributed by atoms with Crippen LogP contribution in [-0.2, 0) is 0 Å². The topological polar surface area (TPSA) is 58.4 Å². The third-order valence-corrected chi connectivity index (χ3v) is 7.93. The molecule has 2 heterocycles. The number of piperazine rings is 1. The first kappa shape index (κ1) is 25.0. The summed E-state index contributed by atoms with van der Waals surface area (Å²) in [6.45, 7) is 8.24. The van der Waals surface area contributed by atoms with E-state index in [0.29, 0.717) is 41.9 Å². The van der Waals surface area contributed by atoms with Crippen LogP contribution in [0.4, 0.5) is 0 Å².